The van der Waals surface area contributed by atoms with Gasteiger partial charge in [-0.1, -0.05) is 13.8 Å². The van der Waals surface area contributed by atoms with Gasteiger partial charge >= 0.3 is 0 Å². The molecular formula is C11H19NO2. The molecule has 0 saturated heterocycles. The van der Waals surface area contributed by atoms with Gasteiger partial charge in [-0.2, -0.15) is 0 Å². The van der Waals surface area contributed by atoms with Crippen molar-refractivity contribution < 1.29 is 9.52 Å². The van der Waals surface area contributed by atoms with E-state index in [0.717, 1.165) is 5.56 Å². The molecule has 0 bridgehead atoms. The molecule has 1 rings (SSSR count). The van der Waals surface area contributed by atoms with Crippen molar-refractivity contribution in [1.82, 2.24) is 0 Å². The highest BCUT2D eigenvalue weighted by molar-refractivity contribution is 5.19. The maximum absolute atomic E-state index is 9.70. The summed E-state index contributed by atoms with van der Waals surface area (Å²) >= 11 is 0. The summed E-state index contributed by atoms with van der Waals surface area (Å²) < 4.78 is 5.33. The second-order valence-electron chi connectivity index (χ2n) is 4.57. The number of nitrogens with two attached hydrogens (primary N) is 1. The van der Waals surface area contributed by atoms with E-state index in [4.69, 9.17) is 10.2 Å². The number of rotatable bonds is 3. The Hall–Kier alpha value is -0.800. The third kappa shape index (κ3) is 2.36. The molecular weight excluding hydrogens is 178 g/mol. The fourth-order valence-corrected chi connectivity index (χ4v) is 1.18. The van der Waals surface area contributed by atoms with Crippen molar-refractivity contribution in [3.05, 3.63) is 23.7 Å². The van der Waals surface area contributed by atoms with Gasteiger partial charge in [-0.3, -0.25) is 0 Å². The topological polar surface area (TPSA) is 59.4 Å². The quantitative estimate of drug-likeness (QED) is 0.780. The van der Waals surface area contributed by atoms with E-state index >= 15 is 0 Å². The molecule has 0 unspecified atom stereocenters. The first-order valence-corrected chi connectivity index (χ1v) is 4.88. The molecule has 80 valence electrons. The van der Waals surface area contributed by atoms with Crippen LogP contribution in [0.1, 0.15) is 51.0 Å². The Bertz CT molecular complexity index is 296. The minimum Gasteiger partial charge on any atom is -0.467 e. The molecule has 0 amide bonds. The Kier molecular flexibility index (Phi) is 3.02. The van der Waals surface area contributed by atoms with Crippen LogP contribution in [0.5, 0.6) is 0 Å². The summed E-state index contributed by atoms with van der Waals surface area (Å²) in [7, 11) is 0. The molecule has 0 fully saturated rings. The highest BCUT2D eigenvalue weighted by Crippen LogP contribution is 2.26. The van der Waals surface area contributed by atoms with Crippen LogP contribution >= 0.6 is 0 Å². The molecule has 0 saturated carbocycles. The molecule has 1 aromatic rings. The zero-order chi connectivity index (χ0) is 10.9. The normalized spacial score (nSPS) is 14.8. The molecule has 1 aromatic heterocycles. The summed E-state index contributed by atoms with van der Waals surface area (Å²) in [5, 5.41) is 9.70. The van der Waals surface area contributed by atoms with Gasteiger partial charge < -0.3 is 15.3 Å². The van der Waals surface area contributed by atoms with Crippen LogP contribution < -0.4 is 5.73 Å². The summed E-state index contributed by atoms with van der Waals surface area (Å²) in [6.07, 6.45) is 1.70. The molecule has 3 N–H and O–H groups in total. The third-order valence-electron chi connectivity index (χ3n) is 2.37. The van der Waals surface area contributed by atoms with Crippen molar-refractivity contribution in [1.29, 1.82) is 0 Å². The molecule has 0 radical (unpaired) electrons. The van der Waals surface area contributed by atoms with Crippen molar-refractivity contribution in [3.63, 3.8) is 0 Å². The first-order chi connectivity index (χ1) is 6.32. The van der Waals surface area contributed by atoms with Crippen LogP contribution in [0, 0.1) is 0 Å². The highest BCUT2D eigenvalue weighted by atomic mass is 16.3. The van der Waals surface area contributed by atoms with Gasteiger partial charge in [-0.05, 0) is 31.4 Å². The van der Waals surface area contributed by atoms with Crippen molar-refractivity contribution in [2.45, 2.75) is 45.3 Å². The monoisotopic (exact) mass is 197 g/mol. The van der Waals surface area contributed by atoms with E-state index in [-0.39, 0.29) is 0 Å². The zero-order valence-electron chi connectivity index (χ0n) is 9.24. The van der Waals surface area contributed by atoms with Crippen molar-refractivity contribution in [3.8, 4) is 0 Å². The molecule has 1 atom stereocenters. The molecule has 0 aromatic carbocycles. The van der Waals surface area contributed by atoms with Gasteiger partial charge in [0.05, 0.1) is 17.9 Å². The first-order valence-electron chi connectivity index (χ1n) is 4.88. The smallest absolute Gasteiger partial charge is 0.123 e. The maximum Gasteiger partial charge on any atom is 0.123 e. The van der Waals surface area contributed by atoms with Gasteiger partial charge in [-0.25, -0.2) is 0 Å². The van der Waals surface area contributed by atoms with E-state index in [0.29, 0.717) is 11.7 Å². The van der Waals surface area contributed by atoms with E-state index in [1.807, 2.05) is 6.07 Å². The Morgan fingerprint density at radius 3 is 2.36 bits per heavy atom. The van der Waals surface area contributed by atoms with Gasteiger partial charge in [0, 0.05) is 0 Å². The number of furan rings is 1. The lowest BCUT2D eigenvalue weighted by atomic mass is 9.96. The predicted octanol–water partition coefficient (Wildman–Crippen LogP) is 2.17. The Balaban J connectivity index is 2.87. The second-order valence-corrected chi connectivity index (χ2v) is 4.57. The molecule has 1 heterocycles. The van der Waals surface area contributed by atoms with E-state index < -0.39 is 11.6 Å². The average Bonchev–Trinajstić information content (AvgIpc) is 2.48. The summed E-state index contributed by atoms with van der Waals surface area (Å²) in [4.78, 5) is 0. The number of hydrogen-bond donors (Lipinski definition) is 2. The van der Waals surface area contributed by atoms with Crippen LogP contribution in [0.4, 0.5) is 0 Å². The summed E-state index contributed by atoms with van der Waals surface area (Å²) in [6, 6.07) is 1.43. The molecule has 0 aliphatic rings. The van der Waals surface area contributed by atoms with E-state index in [9.17, 15) is 5.11 Å². The fraction of sp³-hybridized carbons (Fsp3) is 0.636. The van der Waals surface area contributed by atoms with Crippen LogP contribution in [0.2, 0.25) is 0 Å². The molecule has 3 nitrogen and oxygen atoms in total. The predicted molar refractivity (Wildman–Crippen MR) is 56.0 cm³/mol. The molecule has 3 heteroatoms. The lowest BCUT2D eigenvalue weighted by molar-refractivity contribution is 0.0443. The largest absolute Gasteiger partial charge is 0.467 e. The number of aliphatic hydroxyl groups is 1. The lowest BCUT2D eigenvalue weighted by Crippen LogP contribution is -2.34. The Morgan fingerprint density at radius 1 is 1.43 bits per heavy atom. The first kappa shape index (κ1) is 11.3. The molecule has 0 aliphatic carbocycles. The van der Waals surface area contributed by atoms with Crippen LogP contribution in [0.25, 0.3) is 0 Å². The van der Waals surface area contributed by atoms with Gasteiger partial charge in [0.1, 0.15) is 5.76 Å². The van der Waals surface area contributed by atoms with Crippen molar-refractivity contribution in [2.24, 2.45) is 5.73 Å². The lowest BCUT2D eigenvalue weighted by Gasteiger charge is -2.23. The van der Waals surface area contributed by atoms with Gasteiger partial charge in [0.2, 0.25) is 0 Å². The minimum atomic E-state index is -0.952. The minimum absolute atomic E-state index is 0.418. The zero-order valence-corrected chi connectivity index (χ0v) is 9.24. The summed E-state index contributed by atoms with van der Waals surface area (Å²) in [6.45, 7) is 7.53. The Labute approximate surface area is 84.9 Å². The average molecular weight is 197 g/mol. The Morgan fingerprint density at radius 2 is 2.00 bits per heavy atom. The van der Waals surface area contributed by atoms with Crippen molar-refractivity contribution >= 4 is 0 Å². The van der Waals surface area contributed by atoms with Crippen LogP contribution in [0.15, 0.2) is 16.7 Å². The van der Waals surface area contributed by atoms with E-state index in [1.54, 1.807) is 20.1 Å². The third-order valence-corrected chi connectivity index (χ3v) is 2.37. The number of hydrogen-bond acceptors (Lipinski definition) is 3. The van der Waals surface area contributed by atoms with Gasteiger partial charge in [-0.15, -0.1) is 0 Å². The van der Waals surface area contributed by atoms with Crippen molar-refractivity contribution in [2.75, 3.05) is 0 Å². The van der Waals surface area contributed by atoms with Gasteiger partial charge in [0.25, 0.3) is 0 Å². The van der Waals surface area contributed by atoms with E-state index in [1.165, 1.54) is 0 Å². The SMILES string of the molecule is CC(C)c1coc([C@H](N)C(C)(C)O)c1. The van der Waals surface area contributed by atoms with Gasteiger partial charge in [0.15, 0.2) is 0 Å². The standard InChI is InChI=1S/C11H19NO2/c1-7(2)8-5-9(14-6-8)10(12)11(3,4)13/h5-7,10,13H,12H2,1-4H3/t10-/m0/s1. The molecule has 0 aliphatic heterocycles. The van der Waals surface area contributed by atoms with Crippen LogP contribution in [-0.2, 0) is 0 Å². The summed E-state index contributed by atoms with van der Waals surface area (Å²) in [5.74, 6) is 1.06. The molecule has 14 heavy (non-hydrogen) atoms. The highest BCUT2D eigenvalue weighted by Gasteiger charge is 2.27. The van der Waals surface area contributed by atoms with Crippen LogP contribution in [-0.4, -0.2) is 10.7 Å². The van der Waals surface area contributed by atoms with Crippen LogP contribution in [0.3, 0.4) is 0 Å². The van der Waals surface area contributed by atoms with E-state index in [2.05, 4.69) is 13.8 Å². The fourth-order valence-electron chi connectivity index (χ4n) is 1.18. The summed E-state index contributed by atoms with van der Waals surface area (Å²) in [5.41, 5.74) is 6.00. The molecule has 0 spiro atoms. The maximum atomic E-state index is 9.70. The second kappa shape index (κ2) is 3.75.